The van der Waals surface area contributed by atoms with Crippen molar-refractivity contribution in [3.63, 3.8) is 0 Å². The van der Waals surface area contributed by atoms with Crippen LogP contribution in [0, 0.1) is 17.5 Å². The molecule has 0 spiro atoms. The Morgan fingerprint density at radius 1 is 1.00 bits per heavy atom. The molecule has 2 rings (SSSR count). The lowest BCUT2D eigenvalue weighted by molar-refractivity contribution is 0.501. The van der Waals surface area contributed by atoms with Crippen molar-refractivity contribution < 1.29 is 13.2 Å². The van der Waals surface area contributed by atoms with Gasteiger partial charge in [0.05, 0.1) is 10.5 Å². The number of rotatable bonds is 2. The Hall–Kier alpha value is -1.04. The van der Waals surface area contributed by atoms with Gasteiger partial charge in [-0.15, -0.1) is 0 Å². The Morgan fingerprint density at radius 3 is 2.26 bits per heavy atom. The van der Waals surface area contributed by atoms with Gasteiger partial charge in [-0.05, 0) is 39.7 Å². The average Bonchev–Trinajstić information content (AvgIpc) is 2.35. The number of hydrogen-bond acceptors (Lipinski definition) is 1. The Bertz CT molecular complexity index is 634. The molecule has 0 saturated heterocycles. The van der Waals surface area contributed by atoms with Crippen molar-refractivity contribution >= 4 is 27.5 Å². The van der Waals surface area contributed by atoms with Gasteiger partial charge < -0.3 is 5.73 Å². The maximum absolute atomic E-state index is 13.8. The van der Waals surface area contributed by atoms with Crippen molar-refractivity contribution in [2.75, 3.05) is 0 Å². The summed E-state index contributed by atoms with van der Waals surface area (Å²) >= 11 is 8.57. The van der Waals surface area contributed by atoms with Crippen molar-refractivity contribution in [1.29, 1.82) is 0 Å². The molecule has 100 valence electrons. The molecule has 0 aliphatic heterocycles. The Balaban J connectivity index is 2.50. The van der Waals surface area contributed by atoms with Crippen LogP contribution in [0.2, 0.25) is 5.02 Å². The molecule has 0 amide bonds. The summed E-state index contributed by atoms with van der Waals surface area (Å²) in [5, 5.41) is 0.234. The quantitative estimate of drug-likeness (QED) is 0.789. The van der Waals surface area contributed by atoms with Gasteiger partial charge in [0.1, 0.15) is 5.82 Å². The maximum Gasteiger partial charge on any atom is 0.173 e. The first-order chi connectivity index (χ1) is 8.91. The summed E-state index contributed by atoms with van der Waals surface area (Å²) in [4.78, 5) is 0. The fourth-order valence-electron chi connectivity index (χ4n) is 1.70. The van der Waals surface area contributed by atoms with E-state index < -0.39 is 23.5 Å². The second kappa shape index (κ2) is 5.53. The Morgan fingerprint density at radius 2 is 1.63 bits per heavy atom. The van der Waals surface area contributed by atoms with Crippen LogP contribution >= 0.6 is 27.5 Å². The first-order valence-electron chi connectivity index (χ1n) is 5.25. The van der Waals surface area contributed by atoms with Crippen molar-refractivity contribution in [2.24, 2.45) is 5.73 Å². The lowest BCUT2D eigenvalue weighted by atomic mass is 9.99. The second-order valence-corrected chi connectivity index (χ2v) is 5.14. The number of benzene rings is 2. The predicted octanol–water partition coefficient (Wildman–Crippen LogP) is 4.57. The van der Waals surface area contributed by atoms with Gasteiger partial charge in [-0.25, -0.2) is 13.2 Å². The summed E-state index contributed by atoms with van der Waals surface area (Å²) < 4.78 is 40.1. The van der Waals surface area contributed by atoms with E-state index in [-0.39, 0.29) is 20.6 Å². The van der Waals surface area contributed by atoms with E-state index in [1.807, 2.05) is 0 Å². The van der Waals surface area contributed by atoms with Crippen LogP contribution in [-0.4, -0.2) is 0 Å². The monoisotopic (exact) mass is 349 g/mol. The molecule has 0 fully saturated rings. The van der Waals surface area contributed by atoms with E-state index in [1.54, 1.807) is 0 Å². The highest BCUT2D eigenvalue weighted by Crippen LogP contribution is 2.31. The first kappa shape index (κ1) is 14.4. The van der Waals surface area contributed by atoms with Crippen LogP contribution in [0.1, 0.15) is 17.2 Å². The summed E-state index contributed by atoms with van der Waals surface area (Å²) in [7, 11) is 0. The number of nitrogens with two attached hydrogens (primary N) is 1. The van der Waals surface area contributed by atoms with E-state index in [2.05, 4.69) is 15.9 Å². The van der Waals surface area contributed by atoms with Gasteiger partial charge in [0.15, 0.2) is 11.6 Å². The van der Waals surface area contributed by atoms with E-state index in [4.69, 9.17) is 17.3 Å². The Kier molecular flexibility index (Phi) is 4.18. The van der Waals surface area contributed by atoms with E-state index in [1.165, 1.54) is 18.2 Å². The molecule has 2 aromatic rings. The molecule has 0 radical (unpaired) electrons. The fourth-order valence-corrected chi connectivity index (χ4v) is 2.43. The van der Waals surface area contributed by atoms with Gasteiger partial charge in [-0.2, -0.15) is 0 Å². The molecule has 1 nitrogen and oxygen atoms in total. The molecular weight excluding hydrogens is 343 g/mol. The van der Waals surface area contributed by atoms with E-state index >= 15 is 0 Å². The van der Waals surface area contributed by atoms with Gasteiger partial charge in [-0.3, -0.25) is 0 Å². The summed E-state index contributed by atoms with van der Waals surface area (Å²) in [6, 6.07) is 5.33. The molecule has 0 aromatic heterocycles. The third kappa shape index (κ3) is 2.78. The Labute approximate surface area is 121 Å². The van der Waals surface area contributed by atoms with Gasteiger partial charge in [0.2, 0.25) is 0 Å². The molecular formula is C13H8BrClF3N. The van der Waals surface area contributed by atoms with Crippen molar-refractivity contribution in [3.05, 3.63) is 68.4 Å². The third-order valence-electron chi connectivity index (χ3n) is 2.70. The van der Waals surface area contributed by atoms with Gasteiger partial charge in [0, 0.05) is 10.6 Å². The van der Waals surface area contributed by atoms with E-state index in [0.717, 1.165) is 12.1 Å². The van der Waals surface area contributed by atoms with Crippen LogP contribution in [0.15, 0.2) is 34.8 Å². The molecule has 0 aliphatic rings. The molecule has 1 unspecified atom stereocenters. The first-order valence-corrected chi connectivity index (χ1v) is 6.43. The molecule has 2 N–H and O–H groups in total. The highest BCUT2D eigenvalue weighted by atomic mass is 79.9. The van der Waals surface area contributed by atoms with Crippen LogP contribution in [0.25, 0.3) is 0 Å². The highest BCUT2D eigenvalue weighted by Gasteiger charge is 2.20. The molecule has 19 heavy (non-hydrogen) atoms. The zero-order valence-electron chi connectivity index (χ0n) is 9.43. The predicted molar refractivity (Wildman–Crippen MR) is 71.5 cm³/mol. The maximum atomic E-state index is 13.8. The summed E-state index contributed by atoms with van der Waals surface area (Å²) in [6.45, 7) is 0. The SMILES string of the molecule is NC(c1ccc(Cl)cc1F)c1ccc(F)c(F)c1Br. The van der Waals surface area contributed by atoms with Gasteiger partial charge in [-0.1, -0.05) is 23.7 Å². The van der Waals surface area contributed by atoms with Crippen LogP contribution in [0.4, 0.5) is 13.2 Å². The van der Waals surface area contributed by atoms with Crippen molar-refractivity contribution in [2.45, 2.75) is 6.04 Å². The van der Waals surface area contributed by atoms with Crippen molar-refractivity contribution in [1.82, 2.24) is 0 Å². The third-order valence-corrected chi connectivity index (χ3v) is 3.74. The summed E-state index contributed by atoms with van der Waals surface area (Å²) in [6.07, 6.45) is 0. The summed E-state index contributed by atoms with van der Waals surface area (Å²) in [5.41, 5.74) is 6.28. The normalized spacial score (nSPS) is 12.5. The highest BCUT2D eigenvalue weighted by molar-refractivity contribution is 9.10. The number of hydrogen-bond donors (Lipinski definition) is 1. The van der Waals surface area contributed by atoms with E-state index in [9.17, 15) is 13.2 Å². The average molecular weight is 351 g/mol. The molecule has 0 aliphatic carbocycles. The zero-order valence-corrected chi connectivity index (χ0v) is 11.8. The van der Waals surface area contributed by atoms with Gasteiger partial charge >= 0.3 is 0 Å². The minimum absolute atomic E-state index is 0.116. The molecule has 1 atom stereocenters. The van der Waals surface area contributed by atoms with Crippen LogP contribution in [0.5, 0.6) is 0 Å². The number of halogens is 5. The molecule has 6 heteroatoms. The van der Waals surface area contributed by atoms with Crippen LogP contribution < -0.4 is 5.73 Å². The zero-order chi connectivity index (χ0) is 14.2. The van der Waals surface area contributed by atoms with Crippen LogP contribution in [-0.2, 0) is 0 Å². The van der Waals surface area contributed by atoms with Crippen molar-refractivity contribution in [3.8, 4) is 0 Å². The molecule has 0 saturated carbocycles. The molecule has 0 heterocycles. The minimum atomic E-state index is -1.05. The largest absolute Gasteiger partial charge is 0.320 e. The smallest absolute Gasteiger partial charge is 0.173 e. The molecule has 0 bridgehead atoms. The fraction of sp³-hybridized carbons (Fsp3) is 0.0769. The van der Waals surface area contributed by atoms with E-state index in [0.29, 0.717) is 0 Å². The topological polar surface area (TPSA) is 26.0 Å². The van der Waals surface area contributed by atoms with Crippen LogP contribution in [0.3, 0.4) is 0 Å². The molecule has 2 aromatic carbocycles. The van der Waals surface area contributed by atoms with Gasteiger partial charge in [0.25, 0.3) is 0 Å². The summed E-state index contributed by atoms with van der Waals surface area (Å²) in [5.74, 6) is -2.65. The standard InChI is InChI=1S/C13H8BrClF3N/c14-11-8(3-4-9(16)12(11)18)13(19)7-2-1-6(15)5-10(7)17/h1-5,13H,19H2. The second-order valence-electron chi connectivity index (χ2n) is 3.91. The lowest BCUT2D eigenvalue weighted by Gasteiger charge is -2.16. The minimum Gasteiger partial charge on any atom is -0.320 e. The lowest BCUT2D eigenvalue weighted by Crippen LogP contribution is -2.15.